The van der Waals surface area contributed by atoms with E-state index in [2.05, 4.69) is 0 Å². The van der Waals surface area contributed by atoms with Gasteiger partial charge in [-0.3, -0.25) is 0 Å². The summed E-state index contributed by atoms with van der Waals surface area (Å²) < 4.78 is 38.9. The smallest absolute Gasteiger partial charge is 0.335 e. The highest BCUT2D eigenvalue weighted by Gasteiger charge is 2.22. The summed E-state index contributed by atoms with van der Waals surface area (Å²) in [6.07, 6.45) is 0. The molecule has 0 aliphatic carbocycles. The molecule has 8 heteroatoms. The predicted molar refractivity (Wildman–Crippen MR) is 60.2 cm³/mol. The zero-order valence-electron chi connectivity index (χ0n) is 9.42. The highest BCUT2D eigenvalue weighted by Crippen LogP contribution is 2.16. The number of sulfonamides is 1. The van der Waals surface area contributed by atoms with E-state index in [9.17, 15) is 17.6 Å². The van der Waals surface area contributed by atoms with Crippen molar-refractivity contribution in [3.63, 3.8) is 0 Å². The predicted octanol–water partition coefficient (Wildman–Crippen LogP) is 0.183. The molecule has 0 spiro atoms. The monoisotopic (exact) mass is 277 g/mol. The van der Waals surface area contributed by atoms with Crippen molar-refractivity contribution in [1.82, 2.24) is 4.72 Å². The van der Waals surface area contributed by atoms with Gasteiger partial charge in [-0.2, -0.15) is 0 Å². The van der Waals surface area contributed by atoms with E-state index in [4.69, 9.17) is 10.2 Å². The normalized spacial score (nSPS) is 13.3. The molecule has 1 atom stereocenters. The van der Waals surface area contributed by atoms with Gasteiger partial charge in [0, 0.05) is 6.04 Å². The molecule has 1 unspecified atom stereocenters. The summed E-state index contributed by atoms with van der Waals surface area (Å²) in [7, 11) is -4.21. The number of aromatic carboxylic acids is 1. The van der Waals surface area contributed by atoms with Crippen molar-refractivity contribution in [1.29, 1.82) is 0 Å². The number of nitrogens with one attached hydrogen (secondary N) is 1. The first kappa shape index (κ1) is 14.6. The zero-order chi connectivity index (χ0) is 13.9. The summed E-state index contributed by atoms with van der Waals surface area (Å²) in [6, 6.07) is 1.65. The molecule has 0 amide bonds. The average Bonchev–Trinajstić information content (AvgIpc) is 2.28. The minimum absolute atomic E-state index is 0.339. The first-order valence-corrected chi connectivity index (χ1v) is 6.42. The third kappa shape index (κ3) is 3.25. The van der Waals surface area contributed by atoms with Crippen LogP contribution in [0.2, 0.25) is 0 Å². The minimum atomic E-state index is -4.21. The van der Waals surface area contributed by atoms with Crippen LogP contribution in [0.15, 0.2) is 23.1 Å². The summed E-state index contributed by atoms with van der Waals surface area (Å²) in [6.45, 7) is 0.927. The molecule has 0 aliphatic heterocycles. The van der Waals surface area contributed by atoms with Crippen LogP contribution in [-0.2, 0) is 10.0 Å². The molecule has 0 heterocycles. The van der Waals surface area contributed by atoms with E-state index in [1.165, 1.54) is 6.92 Å². The molecule has 100 valence electrons. The molecule has 0 saturated heterocycles. The van der Waals surface area contributed by atoms with Gasteiger partial charge in [-0.1, -0.05) is 0 Å². The van der Waals surface area contributed by atoms with Crippen LogP contribution in [-0.4, -0.2) is 37.2 Å². The second kappa shape index (κ2) is 5.42. The van der Waals surface area contributed by atoms with Crippen molar-refractivity contribution in [2.45, 2.75) is 17.9 Å². The number of hydrogen-bond acceptors (Lipinski definition) is 4. The largest absolute Gasteiger partial charge is 0.478 e. The Morgan fingerprint density at radius 2 is 2.11 bits per heavy atom. The lowest BCUT2D eigenvalue weighted by Gasteiger charge is -2.12. The van der Waals surface area contributed by atoms with Crippen LogP contribution < -0.4 is 4.72 Å². The Balaban J connectivity index is 3.23. The van der Waals surface area contributed by atoms with Crippen molar-refractivity contribution in [2.75, 3.05) is 6.61 Å². The fraction of sp³-hybridized carbons (Fsp3) is 0.300. The van der Waals surface area contributed by atoms with Crippen LogP contribution in [0.4, 0.5) is 4.39 Å². The first-order chi connectivity index (χ1) is 8.27. The topological polar surface area (TPSA) is 104 Å². The van der Waals surface area contributed by atoms with Crippen LogP contribution in [0, 0.1) is 5.82 Å². The highest BCUT2D eigenvalue weighted by molar-refractivity contribution is 7.89. The molecule has 0 fully saturated rings. The van der Waals surface area contributed by atoms with Crippen LogP contribution in [0.1, 0.15) is 17.3 Å². The molecule has 0 aromatic heterocycles. The van der Waals surface area contributed by atoms with Crippen LogP contribution >= 0.6 is 0 Å². The van der Waals surface area contributed by atoms with Gasteiger partial charge in [-0.25, -0.2) is 22.3 Å². The molecule has 0 radical (unpaired) electrons. The van der Waals surface area contributed by atoms with Crippen molar-refractivity contribution < 1.29 is 27.8 Å². The number of hydrogen-bond donors (Lipinski definition) is 3. The molecule has 3 N–H and O–H groups in total. The molecule has 6 nitrogen and oxygen atoms in total. The highest BCUT2D eigenvalue weighted by atomic mass is 32.2. The van der Waals surface area contributed by atoms with Crippen LogP contribution in [0.3, 0.4) is 0 Å². The van der Waals surface area contributed by atoms with E-state index < -0.39 is 39.4 Å². The summed E-state index contributed by atoms with van der Waals surface area (Å²) >= 11 is 0. The maximum absolute atomic E-state index is 13.4. The maximum atomic E-state index is 13.4. The third-order valence-corrected chi connectivity index (χ3v) is 3.70. The lowest BCUT2D eigenvalue weighted by atomic mass is 10.2. The van der Waals surface area contributed by atoms with Crippen molar-refractivity contribution in [3.8, 4) is 0 Å². The second-order valence-corrected chi connectivity index (χ2v) is 5.34. The lowest BCUT2D eigenvalue weighted by molar-refractivity contribution is 0.0696. The molecule has 0 saturated carbocycles. The molecule has 1 aromatic rings. The number of carbonyl (C=O) groups is 1. The van der Waals surface area contributed by atoms with Crippen molar-refractivity contribution >= 4 is 16.0 Å². The van der Waals surface area contributed by atoms with Gasteiger partial charge in [0.15, 0.2) is 0 Å². The molecule has 1 rings (SSSR count). The zero-order valence-corrected chi connectivity index (χ0v) is 10.2. The molecule has 0 bridgehead atoms. The average molecular weight is 277 g/mol. The van der Waals surface area contributed by atoms with E-state index in [0.717, 1.165) is 18.2 Å². The maximum Gasteiger partial charge on any atom is 0.335 e. The van der Waals surface area contributed by atoms with Gasteiger partial charge >= 0.3 is 5.97 Å². The van der Waals surface area contributed by atoms with Gasteiger partial charge in [-0.15, -0.1) is 0 Å². The van der Waals surface area contributed by atoms with Gasteiger partial charge in [0.1, 0.15) is 10.7 Å². The number of carboxylic acid groups (broad SMARTS) is 1. The van der Waals surface area contributed by atoms with Gasteiger partial charge in [-0.05, 0) is 25.1 Å². The quantitative estimate of drug-likeness (QED) is 0.712. The molecule has 1 aromatic carbocycles. The number of aliphatic hydroxyl groups is 1. The van der Waals surface area contributed by atoms with Gasteiger partial charge in [0.2, 0.25) is 10.0 Å². The Morgan fingerprint density at radius 1 is 1.50 bits per heavy atom. The van der Waals surface area contributed by atoms with Crippen LogP contribution in [0.5, 0.6) is 0 Å². The van der Waals surface area contributed by atoms with Crippen molar-refractivity contribution in [3.05, 3.63) is 29.6 Å². The Morgan fingerprint density at radius 3 is 2.61 bits per heavy atom. The summed E-state index contributed by atoms with van der Waals surface area (Å²) in [5.41, 5.74) is -0.339. The lowest BCUT2D eigenvalue weighted by Crippen LogP contribution is -2.35. The number of carboxylic acids is 1. The number of rotatable bonds is 5. The minimum Gasteiger partial charge on any atom is -0.478 e. The van der Waals surface area contributed by atoms with Gasteiger partial charge in [0.05, 0.1) is 12.2 Å². The number of benzene rings is 1. The van der Waals surface area contributed by atoms with E-state index >= 15 is 0 Å². The Hall–Kier alpha value is -1.51. The van der Waals surface area contributed by atoms with E-state index in [-0.39, 0.29) is 5.56 Å². The third-order valence-electron chi connectivity index (χ3n) is 2.10. The number of halogens is 1. The second-order valence-electron chi connectivity index (χ2n) is 3.66. The van der Waals surface area contributed by atoms with E-state index in [1.54, 1.807) is 0 Å². The fourth-order valence-corrected chi connectivity index (χ4v) is 2.55. The van der Waals surface area contributed by atoms with Gasteiger partial charge in [0.25, 0.3) is 0 Å². The molecule has 0 aliphatic rings. The molecule has 18 heavy (non-hydrogen) atoms. The molecular weight excluding hydrogens is 265 g/mol. The first-order valence-electron chi connectivity index (χ1n) is 4.94. The Bertz CT molecular complexity index is 557. The van der Waals surface area contributed by atoms with Crippen LogP contribution in [0.25, 0.3) is 0 Å². The Labute approximate surface area is 103 Å². The Kier molecular flexibility index (Phi) is 4.38. The van der Waals surface area contributed by atoms with Gasteiger partial charge < -0.3 is 10.2 Å². The molecular formula is C10H12FNO5S. The van der Waals surface area contributed by atoms with E-state index in [1.807, 2.05) is 4.72 Å². The fourth-order valence-electron chi connectivity index (χ4n) is 1.21. The summed E-state index contributed by atoms with van der Waals surface area (Å²) in [4.78, 5) is 9.93. The SMILES string of the molecule is CC(CO)NS(=O)(=O)c1cc(C(=O)O)ccc1F. The number of aliphatic hydroxyl groups excluding tert-OH is 1. The standard InChI is InChI=1S/C10H12FNO5S/c1-6(5-13)12-18(16,17)9-4-7(10(14)15)2-3-8(9)11/h2-4,6,12-13H,5H2,1H3,(H,14,15). The summed E-state index contributed by atoms with van der Waals surface area (Å²) in [5, 5.41) is 17.5. The van der Waals surface area contributed by atoms with E-state index in [0.29, 0.717) is 0 Å². The van der Waals surface area contributed by atoms with Crippen molar-refractivity contribution in [2.24, 2.45) is 0 Å². The summed E-state index contributed by atoms with van der Waals surface area (Å²) in [5.74, 6) is -2.42.